The molecule has 8 saturated heterocycles. The number of aliphatic hydroxyl groups is 22. The van der Waals surface area contributed by atoms with Crippen molar-refractivity contribution in [3.8, 4) is 0 Å². The Labute approximate surface area is 666 Å². The minimum atomic E-state index is -2.27. The summed E-state index contributed by atoms with van der Waals surface area (Å²) in [5.41, 5.74) is -9.65. The monoisotopic (exact) mass is 1680 g/mol. The molecule has 13 rings (SSSR count). The first-order valence-electron chi connectivity index (χ1n) is 40.0. The summed E-state index contributed by atoms with van der Waals surface area (Å²) in [7, 11) is 0. The van der Waals surface area contributed by atoms with Gasteiger partial charge in [0.25, 0.3) is 0 Å². The molecule has 0 aromatic heterocycles. The van der Waals surface area contributed by atoms with Gasteiger partial charge in [0.15, 0.2) is 50.1 Å². The van der Waals surface area contributed by atoms with E-state index in [9.17, 15) is 122 Å². The predicted octanol–water partition coefficient (Wildman–Crippen LogP) is -8.73. The Hall–Kier alpha value is -2.80. The lowest BCUT2D eigenvalue weighted by molar-refractivity contribution is -0.386. The van der Waals surface area contributed by atoms with Crippen LogP contribution in [0.25, 0.3) is 0 Å². The summed E-state index contributed by atoms with van der Waals surface area (Å²) < 4.78 is 95.7. The van der Waals surface area contributed by atoms with Crippen LogP contribution in [0.3, 0.4) is 0 Å². The third kappa shape index (κ3) is 15.5. The van der Waals surface area contributed by atoms with Gasteiger partial charge in [-0.25, -0.2) is 0 Å². The zero-order chi connectivity index (χ0) is 84.7. The number of hydrogen-bond acceptors (Lipinski definition) is 40. The highest BCUT2D eigenvalue weighted by Crippen LogP contribution is 2.76. The molecule has 0 bridgehead atoms. The van der Waals surface area contributed by atoms with Gasteiger partial charge in [0, 0.05) is 0 Å². The van der Waals surface area contributed by atoms with Crippen molar-refractivity contribution in [2.75, 3.05) is 52.9 Å². The molecule has 0 unspecified atom stereocenters. The van der Waals surface area contributed by atoms with Crippen LogP contribution >= 0.6 is 0 Å². The van der Waals surface area contributed by atoms with Crippen molar-refractivity contribution >= 4 is 11.9 Å². The summed E-state index contributed by atoms with van der Waals surface area (Å²) in [6.45, 7) is 8.30. The Bertz CT molecular complexity index is 3420. The Balaban J connectivity index is 0.746. The quantitative estimate of drug-likeness (QED) is 0.0272. The molecule has 116 heavy (non-hydrogen) atoms. The molecule has 0 aromatic carbocycles. The van der Waals surface area contributed by atoms with Crippen molar-refractivity contribution in [1.82, 2.24) is 0 Å². The molecule has 0 spiro atoms. The molecule has 4 saturated carbocycles. The van der Waals surface area contributed by atoms with Gasteiger partial charge in [-0.2, -0.15) is 0 Å². The molecular formula is C75H120O41. The van der Waals surface area contributed by atoms with Crippen molar-refractivity contribution in [2.24, 2.45) is 50.2 Å². The van der Waals surface area contributed by atoms with E-state index in [-0.39, 0.29) is 30.6 Å². The van der Waals surface area contributed by atoms with Crippen LogP contribution in [-0.4, -0.2) is 409 Å². The number of carbonyl (C=O) groups is 2. The van der Waals surface area contributed by atoms with E-state index in [1.807, 2.05) is 6.92 Å². The average molecular weight is 1680 g/mol. The molecule has 0 radical (unpaired) electrons. The van der Waals surface area contributed by atoms with Crippen LogP contribution in [0.5, 0.6) is 0 Å². The Morgan fingerprint density at radius 3 is 1.58 bits per heavy atom. The zero-order valence-corrected chi connectivity index (χ0v) is 65.7. The fraction of sp³-hybridized carbons (Fsp3) is 0.947. The zero-order valence-electron chi connectivity index (χ0n) is 65.7. The molecular weight excluding hydrogens is 1560 g/mol. The lowest BCUT2D eigenvalue weighted by Crippen LogP contribution is -2.70. The van der Waals surface area contributed by atoms with E-state index in [0.29, 0.717) is 38.5 Å². The Morgan fingerprint density at radius 2 is 0.983 bits per heavy atom. The van der Waals surface area contributed by atoms with Gasteiger partial charge in [-0.3, -0.25) is 9.59 Å². The smallest absolute Gasteiger partial charge is 0.315 e. The summed E-state index contributed by atoms with van der Waals surface area (Å²) >= 11 is 0. The van der Waals surface area contributed by atoms with E-state index in [4.69, 9.17) is 75.8 Å². The maximum atomic E-state index is 15.9. The van der Waals surface area contributed by atoms with E-state index in [0.717, 1.165) is 5.57 Å². The first-order chi connectivity index (χ1) is 54.4. The fourth-order valence-electron chi connectivity index (χ4n) is 21.5. The van der Waals surface area contributed by atoms with Crippen LogP contribution in [0.15, 0.2) is 11.6 Å². The number of carbonyl (C=O) groups excluding carboxylic acids is 1. The third-order valence-electron chi connectivity index (χ3n) is 28.9. The van der Waals surface area contributed by atoms with E-state index in [2.05, 4.69) is 33.8 Å². The molecule has 0 amide bonds. The average Bonchev–Trinajstić information content (AvgIpc) is 0.817. The molecule has 45 atom stereocenters. The second-order valence-electron chi connectivity index (χ2n) is 36.4. The summed E-state index contributed by atoms with van der Waals surface area (Å²) in [6.07, 6.45) is -58.8. The maximum Gasteiger partial charge on any atom is 0.315 e. The van der Waals surface area contributed by atoms with Crippen LogP contribution in [0.1, 0.15) is 113 Å². The van der Waals surface area contributed by atoms with E-state index in [1.165, 1.54) is 20.8 Å². The maximum absolute atomic E-state index is 15.9. The molecule has 8 aliphatic heterocycles. The molecule has 23 N–H and O–H groups in total. The van der Waals surface area contributed by atoms with Gasteiger partial charge in [0.05, 0.1) is 82.0 Å². The third-order valence-corrected chi connectivity index (χ3v) is 28.9. The topological polar surface area (TPSA) is 647 Å². The Kier molecular flexibility index (Phi) is 26.6. The Morgan fingerprint density at radius 1 is 0.466 bits per heavy atom. The van der Waals surface area contributed by atoms with Crippen LogP contribution in [-0.2, 0) is 85.4 Å². The van der Waals surface area contributed by atoms with Crippen molar-refractivity contribution in [1.29, 1.82) is 0 Å². The van der Waals surface area contributed by atoms with E-state index < -0.39 is 330 Å². The standard InChI is InChI=1S/C75H120O41/c1-27-38(82)44(88)54(114-61-49(93)53(113-65-56(95)75(100,24-79)26-104-65)50(28(2)106-61)110-59-47(91)51(32(81)21-101-59)111-64-55(94)74(99,23-78)25-103-64)63(105-27)116-67(98)73-15-13-68(3,4)17-30(73)29-9-10-36-69(5)18-31(80)57(72(8,66(96)97)37(69)11-12-71(36,7)70(29,6)14-16-73)115-62-48(92)52(112-60-46(90)43(87)40(84)34(20-77)108-60)41(85)35(109-62)22-102-58-45(89)42(86)39(83)33(19-76)107-58/h9,27-28,30-65,76-95,99-100H,10-26H2,1-8H3,(H,96,97)/t27-,28+,30+,31+,32+,33-,34-,35-,36-,37-,38+,39-,40-,41-,42+,43+,44+,45-,46-,47-,48-,49+,50+,51+,52+,53+,54-,55+,56+,57+,58-,59+,60+,61+,62+,63+,64+,65+,69-,70-,71-,72+,73+,74-,75-/m1/s1. The molecule has 666 valence electrons. The molecule has 41 nitrogen and oxygen atoms in total. The summed E-state index contributed by atoms with van der Waals surface area (Å²) in [6, 6.07) is 0. The van der Waals surface area contributed by atoms with Crippen LogP contribution < -0.4 is 0 Å². The molecule has 12 fully saturated rings. The van der Waals surface area contributed by atoms with Crippen molar-refractivity contribution < 1.29 is 203 Å². The van der Waals surface area contributed by atoms with Gasteiger partial charge in [-0.1, -0.05) is 46.3 Å². The molecule has 8 heterocycles. The van der Waals surface area contributed by atoms with Gasteiger partial charge in [0.1, 0.15) is 152 Å². The predicted molar refractivity (Wildman–Crippen MR) is 376 cm³/mol. The highest BCUT2D eigenvalue weighted by atomic mass is 16.8. The van der Waals surface area contributed by atoms with Crippen LogP contribution in [0.4, 0.5) is 0 Å². The highest BCUT2D eigenvalue weighted by Gasteiger charge is 2.74. The number of carboxylic acids is 1. The van der Waals surface area contributed by atoms with E-state index in [1.54, 1.807) is 0 Å². The number of rotatable bonds is 22. The number of aliphatic hydroxyl groups excluding tert-OH is 20. The summed E-state index contributed by atoms with van der Waals surface area (Å²) in [4.78, 5) is 30.4. The largest absolute Gasteiger partial charge is 0.481 e. The second kappa shape index (κ2) is 33.9. The number of aliphatic carboxylic acids is 1. The summed E-state index contributed by atoms with van der Waals surface area (Å²) in [5, 5.41) is 255. The lowest BCUT2D eigenvalue weighted by atomic mass is 9.33. The first kappa shape index (κ1) is 90.9. The number of hydrogen-bond donors (Lipinski definition) is 23. The first-order valence-corrected chi connectivity index (χ1v) is 40.0. The lowest BCUT2D eigenvalue weighted by Gasteiger charge is -2.71. The van der Waals surface area contributed by atoms with Gasteiger partial charge >= 0.3 is 11.9 Å². The van der Waals surface area contributed by atoms with Gasteiger partial charge in [-0.15, -0.1) is 0 Å². The normalized spacial score (nSPS) is 54.8. The van der Waals surface area contributed by atoms with Crippen LogP contribution in [0.2, 0.25) is 0 Å². The molecule has 0 aromatic rings. The van der Waals surface area contributed by atoms with Gasteiger partial charge < -0.3 is 193 Å². The fourth-order valence-corrected chi connectivity index (χ4v) is 21.5. The number of esters is 1. The minimum Gasteiger partial charge on any atom is -0.481 e. The van der Waals surface area contributed by atoms with Gasteiger partial charge in [0.2, 0.25) is 6.29 Å². The van der Waals surface area contributed by atoms with Crippen molar-refractivity contribution in [3.63, 3.8) is 0 Å². The number of fused-ring (bicyclic) bond motifs is 7. The van der Waals surface area contributed by atoms with Crippen molar-refractivity contribution in [3.05, 3.63) is 11.6 Å². The van der Waals surface area contributed by atoms with Crippen LogP contribution in [0, 0.1) is 50.2 Å². The SMILES string of the molecule is C[C@@H]1O[C@@H](O[C@H]2[C@H](OC(=O)[C@]34CCC(C)(C)C[C@H]3C3=CC[C@@H]5[C@@]6(C)C[C@H](O)[C@H](O[C@@H]7O[C@H](CO[C@@H]8O[C@H](CO)[C@@H](O)[C@H](O)[C@H]8O)[C@@H](O)[C@H](O[C@@H]8O[C@H](CO)[C@@H](O)[C@H](O)[C@H]8O)[C@H]7O)[C@@](C)(C(=O)O)[C@@H]6CC[C@@]5(C)[C@]3(C)CC4)O[C@H](C)[C@H](O)[C@@H]2O)[C@@H](O)[C@H](O[C@@H]2OC[C@](O)(CO)[C@H]2O)[C@H]1O[C@@H]1OC[C@H](O)[C@H](O[C@@H]2OC[C@](O)(CO)[C@H]2O)[C@H]1O. The minimum absolute atomic E-state index is 0.0926. The van der Waals surface area contributed by atoms with Crippen molar-refractivity contribution in [2.45, 2.75) is 340 Å². The summed E-state index contributed by atoms with van der Waals surface area (Å²) in [5.74, 6) is -3.87. The second-order valence-corrected chi connectivity index (χ2v) is 36.4. The molecule has 41 heteroatoms. The number of carboxylic acid groups (broad SMARTS) is 1. The molecule has 5 aliphatic carbocycles. The van der Waals surface area contributed by atoms with E-state index >= 15 is 4.79 Å². The molecule has 13 aliphatic rings. The van der Waals surface area contributed by atoms with Gasteiger partial charge in [-0.05, 0) is 118 Å². The highest BCUT2D eigenvalue weighted by molar-refractivity contribution is 5.79. The number of allylic oxidation sites excluding steroid dienone is 2. The number of ether oxygens (including phenoxy) is 16.